The molecular weight excluding hydrogens is 270 g/mol. The van der Waals surface area contributed by atoms with E-state index in [0.717, 1.165) is 27.6 Å². The number of aliphatic hydroxyl groups is 1. The van der Waals surface area contributed by atoms with Gasteiger partial charge in [0, 0.05) is 16.3 Å². The summed E-state index contributed by atoms with van der Waals surface area (Å²) in [4.78, 5) is 1.03. The van der Waals surface area contributed by atoms with E-state index in [1.807, 2.05) is 49.4 Å². The van der Waals surface area contributed by atoms with Crippen LogP contribution in [-0.2, 0) is 12.4 Å². The first-order chi connectivity index (χ1) is 9.72. The maximum Gasteiger partial charge on any atom is 0.120 e. The summed E-state index contributed by atoms with van der Waals surface area (Å²) in [5.74, 6) is 1.69. The van der Waals surface area contributed by atoms with E-state index in [0.29, 0.717) is 6.61 Å². The van der Waals surface area contributed by atoms with Gasteiger partial charge in [-0.25, -0.2) is 0 Å². The highest BCUT2D eigenvalue weighted by Crippen LogP contribution is 2.31. The standard InChI is InChI=1S/C16H19NO2S/c1-2-19-14-7-8-15(17)16(9-14)20-11-13-5-3-12(10-18)4-6-13/h3-9,18H,2,10-11,17H2,1H3. The third-order valence-corrected chi connectivity index (χ3v) is 4.04. The first-order valence-electron chi connectivity index (χ1n) is 6.56. The van der Waals surface area contributed by atoms with Crippen molar-refractivity contribution in [3.8, 4) is 5.75 Å². The Hall–Kier alpha value is -1.65. The lowest BCUT2D eigenvalue weighted by atomic mass is 10.2. The molecule has 0 atom stereocenters. The summed E-state index contributed by atoms with van der Waals surface area (Å²) in [6.07, 6.45) is 0. The van der Waals surface area contributed by atoms with Crippen molar-refractivity contribution in [2.24, 2.45) is 0 Å². The van der Waals surface area contributed by atoms with E-state index >= 15 is 0 Å². The zero-order valence-corrected chi connectivity index (χ0v) is 12.3. The number of anilines is 1. The fraction of sp³-hybridized carbons (Fsp3) is 0.250. The van der Waals surface area contributed by atoms with Gasteiger partial charge in [0.05, 0.1) is 13.2 Å². The Morgan fingerprint density at radius 2 is 1.80 bits per heavy atom. The van der Waals surface area contributed by atoms with Gasteiger partial charge in [-0.3, -0.25) is 0 Å². The summed E-state index contributed by atoms with van der Waals surface area (Å²) in [5, 5.41) is 9.02. The van der Waals surface area contributed by atoms with Gasteiger partial charge >= 0.3 is 0 Å². The monoisotopic (exact) mass is 289 g/mol. The van der Waals surface area contributed by atoms with Crippen molar-refractivity contribution in [3.05, 3.63) is 53.6 Å². The van der Waals surface area contributed by atoms with E-state index in [1.165, 1.54) is 5.56 Å². The molecule has 0 aliphatic rings. The van der Waals surface area contributed by atoms with Crippen LogP contribution in [0.15, 0.2) is 47.4 Å². The first kappa shape index (κ1) is 14.8. The maximum absolute atomic E-state index is 9.02. The highest BCUT2D eigenvalue weighted by atomic mass is 32.2. The molecule has 0 saturated heterocycles. The third kappa shape index (κ3) is 3.92. The predicted molar refractivity (Wildman–Crippen MR) is 83.9 cm³/mol. The van der Waals surface area contributed by atoms with Gasteiger partial charge in [-0.1, -0.05) is 24.3 Å². The van der Waals surface area contributed by atoms with Crippen molar-refractivity contribution in [2.45, 2.75) is 24.2 Å². The number of hydrogen-bond acceptors (Lipinski definition) is 4. The van der Waals surface area contributed by atoms with Gasteiger partial charge < -0.3 is 15.6 Å². The van der Waals surface area contributed by atoms with Crippen LogP contribution in [0.1, 0.15) is 18.1 Å². The minimum absolute atomic E-state index is 0.0801. The average molecular weight is 289 g/mol. The zero-order valence-electron chi connectivity index (χ0n) is 11.5. The molecule has 0 aliphatic heterocycles. The molecule has 2 aromatic carbocycles. The summed E-state index contributed by atoms with van der Waals surface area (Å²) in [6.45, 7) is 2.69. The molecule has 3 nitrogen and oxygen atoms in total. The van der Waals surface area contributed by atoms with E-state index < -0.39 is 0 Å². The number of hydrogen-bond donors (Lipinski definition) is 2. The smallest absolute Gasteiger partial charge is 0.120 e. The van der Waals surface area contributed by atoms with Gasteiger partial charge in [0.15, 0.2) is 0 Å². The Kier molecular flexibility index (Phi) is 5.32. The molecular formula is C16H19NO2S. The van der Waals surface area contributed by atoms with E-state index in [4.69, 9.17) is 15.6 Å². The van der Waals surface area contributed by atoms with E-state index in [-0.39, 0.29) is 6.61 Å². The van der Waals surface area contributed by atoms with Gasteiger partial charge in [0.25, 0.3) is 0 Å². The molecule has 0 aromatic heterocycles. The number of nitrogen functional groups attached to an aromatic ring is 1. The van der Waals surface area contributed by atoms with E-state index in [2.05, 4.69) is 0 Å². The van der Waals surface area contributed by atoms with Crippen molar-refractivity contribution in [1.29, 1.82) is 0 Å². The van der Waals surface area contributed by atoms with Gasteiger partial charge in [0.2, 0.25) is 0 Å². The van der Waals surface area contributed by atoms with Crippen LogP contribution in [0.4, 0.5) is 5.69 Å². The maximum atomic E-state index is 9.02. The topological polar surface area (TPSA) is 55.5 Å². The van der Waals surface area contributed by atoms with E-state index in [1.54, 1.807) is 11.8 Å². The first-order valence-corrected chi connectivity index (χ1v) is 7.55. The molecule has 0 heterocycles. The number of rotatable bonds is 6. The lowest BCUT2D eigenvalue weighted by molar-refractivity contribution is 0.282. The minimum Gasteiger partial charge on any atom is -0.494 e. The van der Waals surface area contributed by atoms with Crippen molar-refractivity contribution in [2.75, 3.05) is 12.3 Å². The number of ether oxygens (including phenoxy) is 1. The highest BCUT2D eigenvalue weighted by molar-refractivity contribution is 7.98. The van der Waals surface area contributed by atoms with Gasteiger partial charge in [-0.15, -0.1) is 11.8 Å². The summed E-state index contributed by atoms with van der Waals surface area (Å²) in [6, 6.07) is 13.7. The predicted octanol–water partition coefficient (Wildman–Crippen LogP) is 3.45. The molecule has 3 N–H and O–H groups in total. The van der Waals surface area contributed by atoms with Gasteiger partial charge in [-0.05, 0) is 36.2 Å². The lowest BCUT2D eigenvalue weighted by Gasteiger charge is -2.09. The van der Waals surface area contributed by atoms with Crippen molar-refractivity contribution >= 4 is 17.4 Å². The molecule has 0 spiro atoms. The average Bonchev–Trinajstić information content (AvgIpc) is 2.48. The van der Waals surface area contributed by atoms with Crippen LogP contribution >= 0.6 is 11.8 Å². The molecule has 106 valence electrons. The largest absolute Gasteiger partial charge is 0.494 e. The summed E-state index contributed by atoms with van der Waals surface area (Å²) < 4.78 is 5.49. The van der Waals surface area contributed by atoms with Gasteiger partial charge in [0.1, 0.15) is 5.75 Å². The van der Waals surface area contributed by atoms with Crippen LogP contribution in [0.5, 0.6) is 5.75 Å². The summed E-state index contributed by atoms with van der Waals surface area (Å²) >= 11 is 1.69. The second-order valence-corrected chi connectivity index (χ2v) is 5.41. The molecule has 0 saturated carbocycles. The van der Waals surface area contributed by atoms with Crippen molar-refractivity contribution < 1.29 is 9.84 Å². The quantitative estimate of drug-likeness (QED) is 0.631. The summed E-state index contributed by atoms with van der Waals surface area (Å²) in [5.41, 5.74) is 8.88. The molecule has 0 amide bonds. The molecule has 0 unspecified atom stereocenters. The van der Waals surface area contributed by atoms with Gasteiger partial charge in [-0.2, -0.15) is 0 Å². The number of nitrogens with two attached hydrogens (primary N) is 1. The number of thioether (sulfide) groups is 1. The SMILES string of the molecule is CCOc1ccc(N)c(SCc2ccc(CO)cc2)c1. The Morgan fingerprint density at radius 1 is 1.10 bits per heavy atom. The van der Waals surface area contributed by atoms with Crippen LogP contribution in [0.25, 0.3) is 0 Å². The Bertz CT molecular complexity index is 555. The van der Waals surface area contributed by atoms with Crippen LogP contribution in [0.3, 0.4) is 0 Å². The molecule has 2 rings (SSSR count). The van der Waals surface area contributed by atoms with Crippen LogP contribution in [-0.4, -0.2) is 11.7 Å². The lowest BCUT2D eigenvalue weighted by Crippen LogP contribution is -1.94. The van der Waals surface area contributed by atoms with Crippen molar-refractivity contribution in [3.63, 3.8) is 0 Å². The zero-order chi connectivity index (χ0) is 14.4. The van der Waals surface area contributed by atoms with Crippen LogP contribution in [0, 0.1) is 0 Å². The normalized spacial score (nSPS) is 10.5. The second kappa shape index (κ2) is 7.22. The van der Waals surface area contributed by atoms with Crippen LogP contribution in [0.2, 0.25) is 0 Å². The van der Waals surface area contributed by atoms with E-state index in [9.17, 15) is 0 Å². The molecule has 20 heavy (non-hydrogen) atoms. The fourth-order valence-corrected chi connectivity index (χ4v) is 2.75. The second-order valence-electron chi connectivity index (χ2n) is 4.40. The highest BCUT2D eigenvalue weighted by Gasteiger charge is 2.04. The molecule has 4 heteroatoms. The molecule has 2 aromatic rings. The Labute approximate surface area is 123 Å². The molecule has 0 bridgehead atoms. The van der Waals surface area contributed by atoms with Crippen molar-refractivity contribution in [1.82, 2.24) is 0 Å². The molecule has 0 fully saturated rings. The number of aliphatic hydroxyl groups excluding tert-OH is 1. The Morgan fingerprint density at radius 3 is 2.45 bits per heavy atom. The molecule has 0 aliphatic carbocycles. The summed E-state index contributed by atoms with van der Waals surface area (Å²) in [7, 11) is 0. The fourth-order valence-electron chi connectivity index (χ4n) is 1.80. The minimum atomic E-state index is 0.0801. The molecule has 0 radical (unpaired) electrons. The third-order valence-electron chi connectivity index (χ3n) is 2.90. The number of benzene rings is 2. The Balaban J connectivity index is 2.03. The van der Waals surface area contributed by atoms with Crippen LogP contribution < -0.4 is 10.5 Å².